The van der Waals surface area contributed by atoms with E-state index in [1.165, 1.54) is 16.9 Å². The van der Waals surface area contributed by atoms with Gasteiger partial charge in [-0.1, -0.05) is 51.1 Å². The second kappa shape index (κ2) is 9.36. The molecule has 1 N–H and O–H groups in total. The number of nitrogens with zero attached hydrogens (tertiary/aromatic N) is 3. The number of hydrogen-bond donors (Lipinski definition) is 1. The zero-order valence-electron chi connectivity index (χ0n) is 18.4. The Labute approximate surface area is 191 Å². The van der Waals surface area contributed by atoms with Crippen LogP contribution >= 0.6 is 11.3 Å². The van der Waals surface area contributed by atoms with E-state index in [9.17, 15) is 4.79 Å². The summed E-state index contributed by atoms with van der Waals surface area (Å²) in [6.45, 7) is 7.53. The summed E-state index contributed by atoms with van der Waals surface area (Å²) in [5, 5.41) is 9.27. The highest BCUT2D eigenvalue weighted by Crippen LogP contribution is 2.23. The van der Waals surface area contributed by atoms with Crippen molar-refractivity contribution in [2.75, 3.05) is 5.32 Å². The number of carbonyl (C=O) groups excluding carboxylic acids is 1. The molecule has 1 amide bonds. The van der Waals surface area contributed by atoms with Gasteiger partial charge in [0.15, 0.2) is 0 Å². The van der Waals surface area contributed by atoms with Crippen LogP contribution in [0.4, 0.5) is 5.82 Å². The summed E-state index contributed by atoms with van der Waals surface area (Å²) in [7, 11) is 0. The van der Waals surface area contributed by atoms with Crippen LogP contribution in [0.25, 0.3) is 0 Å². The first kappa shape index (κ1) is 21.8. The predicted molar refractivity (Wildman–Crippen MR) is 127 cm³/mol. The van der Waals surface area contributed by atoms with Crippen molar-refractivity contribution in [3.8, 4) is 5.75 Å². The van der Waals surface area contributed by atoms with Gasteiger partial charge in [0.2, 0.25) is 0 Å². The van der Waals surface area contributed by atoms with Crippen molar-refractivity contribution in [3.05, 3.63) is 94.1 Å². The Morgan fingerprint density at radius 1 is 1.12 bits per heavy atom. The van der Waals surface area contributed by atoms with Crippen molar-refractivity contribution >= 4 is 23.1 Å². The minimum atomic E-state index is -0.214. The first-order chi connectivity index (χ1) is 15.4. The van der Waals surface area contributed by atoms with Gasteiger partial charge in [0.25, 0.3) is 5.91 Å². The summed E-state index contributed by atoms with van der Waals surface area (Å²) >= 11 is 1.52. The van der Waals surface area contributed by atoms with Crippen molar-refractivity contribution in [1.29, 1.82) is 0 Å². The number of carbonyl (C=O) groups is 1. The molecule has 0 unspecified atom stereocenters. The molecule has 0 saturated carbocycles. The van der Waals surface area contributed by atoms with Crippen molar-refractivity contribution < 1.29 is 9.53 Å². The number of nitrogens with one attached hydrogen (secondary N) is 1. The molecule has 0 atom stereocenters. The van der Waals surface area contributed by atoms with Crippen LogP contribution in [0, 0.1) is 0 Å². The second-order valence-electron chi connectivity index (χ2n) is 8.57. The fourth-order valence-corrected chi connectivity index (χ4v) is 3.77. The molecule has 0 saturated heterocycles. The van der Waals surface area contributed by atoms with Gasteiger partial charge in [-0.15, -0.1) is 11.3 Å². The van der Waals surface area contributed by atoms with E-state index in [1.54, 1.807) is 40.7 Å². The lowest BCUT2D eigenvalue weighted by Gasteiger charge is -2.19. The largest absolute Gasteiger partial charge is 0.487 e. The van der Waals surface area contributed by atoms with Gasteiger partial charge >= 0.3 is 0 Å². The lowest BCUT2D eigenvalue weighted by molar-refractivity contribution is 0.102. The number of aromatic nitrogens is 3. The summed E-state index contributed by atoms with van der Waals surface area (Å²) < 4.78 is 7.54. The maximum Gasteiger partial charge on any atom is 0.256 e. The van der Waals surface area contributed by atoms with Crippen molar-refractivity contribution in [2.24, 2.45) is 0 Å². The molecule has 0 bridgehead atoms. The number of benzene rings is 2. The Bertz CT molecular complexity index is 1180. The summed E-state index contributed by atoms with van der Waals surface area (Å²) in [4.78, 5) is 17.0. The Morgan fingerprint density at radius 2 is 1.94 bits per heavy atom. The fraction of sp³-hybridized carbons (Fsp3) is 0.240. The Morgan fingerprint density at radius 3 is 2.66 bits per heavy atom. The number of amides is 1. The zero-order chi connectivity index (χ0) is 22.6. The van der Waals surface area contributed by atoms with E-state index < -0.39 is 0 Å². The van der Waals surface area contributed by atoms with Gasteiger partial charge in [-0.3, -0.25) is 4.79 Å². The molecule has 7 heteroatoms. The molecule has 2 aromatic carbocycles. The molecule has 164 valence electrons. The number of rotatable bonds is 7. The van der Waals surface area contributed by atoms with Gasteiger partial charge < -0.3 is 10.1 Å². The summed E-state index contributed by atoms with van der Waals surface area (Å²) in [5.41, 5.74) is 5.67. The average Bonchev–Trinajstić information content (AvgIpc) is 3.45. The molecule has 4 rings (SSSR count). The van der Waals surface area contributed by atoms with Gasteiger partial charge in [-0.25, -0.2) is 9.67 Å². The lowest BCUT2D eigenvalue weighted by Crippen LogP contribution is -2.16. The van der Waals surface area contributed by atoms with E-state index in [2.05, 4.69) is 60.4 Å². The predicted octanol–water partition coefficient (Wildman–Crippen LogP) is 5.52. The van der Waals surface area contributed by atoms with Gasteiger partial charge in [-0.05, 0) is 34.7 Å². The SMILES string of the molecule is CC(C)(C)c1ccc(Cn2nccc2NC(=O)c2cccc(OCc3cscn3)c2)cc1. The smallest absolute Gasteiger partial charge is 0.256 e. The van der Waals surface area contributed by atoms with Crippen molar-refractivity contribution in [3.63, 3.8) is 0 Å². The summed E-state index contributed by atoms with van der Waals surface area (Å²) in [6, 6.07) is 17.4. The van der Waals surface area contributed by atoms with Crippen LogP contribution in [-0.2, 0) is 18.6 Å². The third-order valence-electron chi connectivity index (χ3n) is 5.08. The van der Waals surface area contributed by atoms with Gasteiger partial charge in [0.1, 0.15) is 18.2 Å². The first-order valence-corrected chi connectivity index (χ1v) is 11.4. The average molecular weight is 447 g/mol. The summed E-state index contributed by atoms with van der Waals surface area (Å²) in [6.07, 6.45) is 1.69. The first-order valence-electron chi connectivity index (χ1n) is 10.4. The highest BCUT2D eigenvalue weighted by Gasteiger charge is 2.14. The van der Waals surface area contributed by atoms with E-state index in [0.29, 0.717) is 30.3 Å². The standard InChI is InChI=1S/C25H26N4O2S/c1-25(2,3)20-9-7-18(8-10-20)14-29-23(11-12-27-29)28-24(30)19-5-4-6-22(13-19)31-15-21-16-32-17-26-21/h4-13,16-17H,14-15H2,1-3H3,(H,28,30). The molecule has 0 spiro atoms. The molecule has 2 aromatic heterocycles. The third-order valence-corrected chi connectivity index (χ3v) is 5.71. The Balaban J connectivity index is 1.41. The molecule has 4 aromatic rings. The van der Waals surface area contributed by atoms with Crippen molar-refractivity contribution in [1.82, 2.24) is 14.8 Å². The molecule has 6 nitrogen and oxygen atoms in total. The number of thiazole rings is 1. The molecule has 0 aliphatic heterocycles. The van der Waals surface area contributed by atoms with Gasteiger partial charge in [0, 0.05) is 17.0 Å². The molecule has 0 aliphatic rings. The highest BCUT2D eigenvalue weighted by atomic mass is 32.1. The molecular formula is C25H26N4O2S. The van der Waals surface area contributed by atoms with E-state index in [0.717, 1.165) is 11.3 Å². The maximum atomic E-state index is 12.8. The number of ether oxygens (including phenoxy) is 1. The quantitative estimate of drug-likeness (QED) is 0.406. The zero-order valence-corrected chi connectivity index (χ0v) is 19.2. The maximum absolute atomic E-state index is 12.8. The van der Waals surface area contributed by atoms with Gasteiger partial charge in [-0.2, -0.15) is 5.10 Å². The molecule has 0 radical (unpaired) electrons. The van der Waals surface area contributed by atoms with Crippen LogP contribution in [0.3, 0.4) is 0 Å². The van der Waals surface area contributed by atoms with Crippen LogP contribution in [0.15, 0.2) is 71.7 Å². The van der Waals surface area contributed by atoms with Crippen LogP contribution < -0.4 is 10.1 Å². The Hall–Kier alpha value is -3.45. The van der Waals surface area contributed by atoms with E-state index in [4.69, 9.17) is 4.74 Å². The van der Waals surface area contributed by atoms with Crippen molar-refractivity contribution in [2.45, 2.75) is 39.3 Å². The van der Waals surface area contributed by atoms with E-state index in [1.807, 2.05) is 11.4 Å². The van der Waals surface area contributed by atoms with Crippen LogP contribution in [0.1, 0.15) is 48.0 Å². The van der Waals surface area contributed by atoms with E-state index >= 15 is 0 Å². The third kappa shape index (κ3) is 5.42. The van der Waals surface area contributed by atoms with Crippen LogP contribution in [-0.4, -0.2) is 20.7 Å². The van der Waals surface area contributed by atoms with E-state index in [-0.39, 0.29) is 11.3 Å². The topological polar surface area (TPSA) is 69.0 Å². The minimum Gasteiger partial charge on any atom is -0.487 e. The minimum absolute atomic E-state index is 0.113. The van der Waals surface area contributed by atoms with Gasteiger partial charge in [0.05, 0.1) is 23.9 Å². The van der Waals surface area contributed by atoms with Crippen LogP contribution in [0.2, 0.25) is 0 Å². The molecular weight excluding hydrogens is 420 g/mol. The molecule has 0 aliphatic carbocycles. The number of anilines is 1. The fourth-order valence-electron chi connectivity index (χ4n) is 3.23. The highest BCUT2D eigenvalue weighted by molar-refractivity contribution is 7.07. The van der Waals surface area contributed by atoms with Crippen LogP contribution in [0.5, 0.6) is 5.75 Å². The molecule has 0 fully saturated rings. The normalized spacial score (nSPS) is 11.3. The second-order valence-corrected chi connectivity index (χ2v) is 9.29. The molecule has 2 heterocycles. The monoisotopic (exact) mass is 446 g/mol. The Kier molecular flexibility index (Phi) is 6.37. The molecule has 32 heavy (non-hydrogen) atoms. The lowest BCUT2D eigenvalue weighted by atomic mass is 9.87. The summed E-state index contributed by atoms with van der Waals surface area (Å²) in [5.74, 6) is 1.05. The number of hydrogen-bond acceptors (Lipinski definition) is 5.